The number of piperazine rings is 1. The third-order valence-corrected chi connectivity index (χ3v) is 7.96. The van der Waals surface area contributed by atoms with Gasteiger partial charge in [0.05, 0.1) is 17.7 Å². The van der Waals surface area contributed by atoms with E-state index >= 15 is 0 Å². The number of anilines is 1. The fraction of sp³-hybridized carbons (Fsp3) is 0.423. The smallest absolute Gasteiger partial charge is 0.262 e. The minimum Gasteiger partial charge on any atom is -0.495 e. The third kappa shape index (κ3) is 6.84. The zero-order valence-electron chi connectivity index (χ0n) is 20.2. The van der Waals surface area contributed by atoms with Crippen molar-refractivity contribution in [3.63, 3.8) is 0 Å². The van der Waals surface area contributed by atoms with Gasteiger partial charge in [0.15, 0.2) is 0 Å². The number of hydrogen-bond acceptors (Lipinski definition) is 6. The molecule has 0 bridgehead atoms. The van der Waals surface area contributed by atoms with Gasteiger partial charge in [0.1, 0.15) is 5.75 Å². The molecule has 0 unspecified atom stereocenters. The van der Waals surface area contributed by atoms with Crippen molar-refractivity contribution in [3.05, 3.63) is 60.2 Å². The number of amides is 1. The highest BCUT2D eigenvalue weighted by Crippen LogP contribution is 2.26. The van der Waals surface area contributed by atoms with E-state index in [1.807, 2.05) is 4.90 Å². The molecule has 0 saturated carbocycles. The lowest BCUT2D eigenvalue weighted by atomic mass is 10.2. The standard InChI is InChI=1S/C26H34N4O4S/c1-34-25-7-3-2-6-24(25)27-35(32,33)23-11-8-22(9-12-23)10-13-26(31)30-20-18-29(19-21-30)17-16-28-14-4-5-15-28/h2-3,6-13,27H,4-5,14-21H2,1H3/b13-10+. The Morgan fingerprint density at radius 2 is 1.54 bits per heavy atom. The molecular formula is C26H34N4O4S. The molecule has 1 amide bonds. The maximum atomic E-state index is 12.7. The largest absolute Gasteiger partial charge is 0.495 e. The molecule has 35 heavy (non-hydrogen) atoms. The molecule has 2 fully saturated rings. The van der Waals surface area contributed by atoms with E-state index in [1.165, 1.54) is 45.2 Å². The van der Waals surface area contributed by atoms with Crippen LogP contribution >= 0.6 is 0 Å². The Balaban J connectivity index is 1.27. The van der Waals surface area contributed by atoms with Crippen LogP contribution < -0.4 is 9.46 Å². The van der Waals surface area contributed by atoms with Crippen molar-refractivity contribution >= 4 is 27.7 Å². The van der Waals surface area contributed by atoms with Gasteiger partial charge in [-0.3, -0.25) is 14.4 Å². The lowest BCUT2D eigenvalue weighted by Gasteiger charge is -2.35. The van der Waals surface area contributed by atoms with E-state index < -0.39 is 10.0 Å². The SMILES string of the molecule is COc1ccccc1NS(=O)(=O)c1ccc(/C=C/C(=O)N2CCN(CCN3CCCC3)CC2)cc1. The first kappa shape index (κ1) is 25.2. The van der Waals surface area contributed by atoms with Crippen LogP contribution in [0.4, 0.5) is 5.69 Å². The zero-order chi connectivity index (χ0) is 24.7. The van der Waals surface area contributed by atoms with Crippen LogP contribution in [0.2, 0.25) is 0 Å². The predicted octanol–water partition coefficient (Wildman–Crippen LogP) is 2.75. The number of benzene rings is 2. The van der Waals surface area contributed by atoms with Gasteiger partial charge in [0.2, 0.25) is 5.91 Å². The highest BCUT2D eigenvalue weighted by molar-refractivity contribution is 7.92. The molecule has 2 heterocycles. The van der Waals surface area contributed by atoms with Crippen molar-refractivity contribution in [2.75, 3.05) is 64.2 Å². The van der Waals surface area contributed by atoms with Crippen molar-refractivity contribution in [2.45, 2.75) is 17.7 Å². The number of nitrogens with one attached hydrogen (secondary N) is 1. The highest BCUT2D eigenvalue weighted by Gasteiger charge is 2.21. The Bertz CT molecular complexity index is 1120. The van der Waals surface area contributed by atoms with Crippen molar-refractivity contribution in [1.29, 1.82) is 0 Å². The lowest BCUT2D eigenvalue weighted by molar-refractivity contribution is -0.127. The number of rotatable bonds is 9. The molecule has 8 nitrogen and oxygen atoms in total. The van der Waals surface area contributed by atoms with Gasteiger partial charge in [-0.25, -0.2) is 8.42 Å². The number of ether oxygens (including phenoxy) is 1. The van der Waals surface area contributed by atoms with E-state index in [9.17, 15) is 13.2 Å². The van der Waals surface area contributed by atoms with E-state index in [0.717, 1.165) is 44.8 Å². The summed E-state index contributed by atoms with van der Waals surface area (Å²) in [5.74, 6) is 0.431. The van der Waals surface area contributed by atoms with Gasteiger partial charge < -0.3 is 14.5 Å². The van der Waals surface area contributed by atoms with Gasteiger partial charge in [-0.2, -0.15) is 0 Å². The Hall–Kier alpha value is -2.88. The van der Waals surface area contributed by atoms with Gasteiger partial charge in [-0.05, 0) is 61.8 Å². The Morgan fingerprint density at radius 1 is 0.914 bits per heavy atom. The third-order valence-electron chi connectivity index (χ3n) is 6.58. The molecule has 1 N–H and O–H groups in total. The molecular weight excluding hydrogens is 464 g/mol. The van der Waals surface area contributed by atoms with Crippen LogP contribution in [0.25, 0.3) is 6.08 Å². The number of nitrogens with zero attached hydrogens (tertiary/aromatic N) is 3. The molecule has 2 aliphatic rings. The molecule has 0 spiro atoms. The molecule has 0 atom stereocenters. The lowest BCUT2D eigenvalue weighted by Crippen LogP contribution is -2.49. The number of para-hydroxylation sites is 2. The van der Waals surface area contributed by atoms with Gasteiger partial charge in [0, 0.05) is 45.3 Å². The fourth-order valence-corrected chi connectivity index (χ4v) is 5.51. The van der Waals surface area contributed by atoms with E-state index in [0.29, 0.717) is 11.4 Å². The Kier molecular flexibility index (Phi) is 8.43. The monoisotopic (exact) mass is 498 g/mol. The van der Waals surface area contributed by atoms with Gasteiger partial charge >= 0.3 is 0 Å². The van der Waals surface area contributed by atoms with E-state index in [2.05, 4.69) is 14.5 Å². The average Bonchev–Trinajstić information content (AvgIpc) is 3.40. The number of methoxy groups -OCH3 is 1. The summed E-state index contributed by atoms with van der Waals surface area (Å²) < 4.78 is 33.3. The molecule has 188 valence electrons. The minimum absolute atomic E-state index is 0.0151. The zero-order valence-corrected chi connectivity index (χ0v) is 21.0. The van der Waals surface area contributed by atoms with Crippen LogP contribution in [0.1, 0.15) is 18.4 Å². The second kappa shape index (κ2) is 11.7. The summed E-state index contributed by atoms with van der Waals surface area (Å²) in [5, 5.41) is 0. The van der Waals surface area contributed by atoms with Crippen LogP contribution in [0.3, 0.4) is 0 Å². The van der Waals surface area contributed by atoms with Crippen LogP contribution in [0, 0.1) is 0 Å². The normalized spacial score (nSPS) is 17.7. The van der Waals surface area contributed by atoms with Crippen LogP contribution in [0.5, 0.6) is 5.75 Å². The summed E-state index contributed by atoms with van der Waals surface area (Å²) >= 11 is 0. The molecule has 0 radical (unpaired) electrons. The van der Waals surface area contributed by atoms with Gasteiger partial charge in [0.25, 0.3) is 10.0 Å². The number of likely N-dealkylation sites (tertiary alicyclic amines) is 1. The second-order valence-electron chi connectivity index (χ2n) is 8.92. The maximum Gasteiger partial charge on any atom is 0.262 e. The first-order valence-electron chi connectivity index (χ1n) is 12.1. The maximum absolute atomic E-state index is 12.7. The summed E-state index contributed by atoms with van der Waals surface area (Å²) in [6.07, 6.45) is 5.92. The summed E-state index contributed by atoms with van der Waals surface area (Å²) in [6, 6.07) is 13.3. The first-order valence-corrected chi connectivity index (χ1v) is 13.6. The molecule has 2 aromatic rings. The van der Waals surface area contributed by atoms with Crippen molar-refractivity contribution in [1.82, 2.24) is 14.7 Å². The molecule has 4 rings (SSSR count). The Labute approximate surface area is 208 Å². The van der Waals surface area contributed by atoms with E-state index in [-0.39, 0.29) is 10.8 Å². The molecule has 0 aromatic heterocycles. The fourth-order valence-electron chi connectivity index (χ4n) is 4.44. The molecule has 2 aliphatic heterocycles. The summed E-state index contributed by atoms with van der Waals surface area (Å²) in [5.41, 5.74) is 1.14. The molecule has 2 saturated heterocycles. The molecule has 2 aromatic carbocycles. The predicted molar refractivity (Wildman–Crippen MR) is 138 cm³/mol. The minimum atomic E-state index is -3.76. The van der Waals surface area contributed by atoms with Crippen LogP contribution in [-0.2, 0) is 14.8 Å². The summed E-state index contributed by atoms with van der Waals surface area (Å²) in [7, 11) is -2.27. The molecule has 9 heteroatoms. The highest BCUT2D eigenvalue weighted by atomic mass is 32.2. The second-order valence-corrected chi connectivity index (χ2v) is 10.6. The number of carbonyl (C=O) groups is 1. The van der Waals surface area contributed by atoms with Gasteiger partial charge in [-0.15, -0.1) is 0 Å². The molecule has 0 aliphatic carbocycles. The number of hydrogen-bond donors (Lipinski definition) is 1. The summed E-state index contributed by atoms with van der Waals surface area (Å²) in [6.45, 7) is 7.89. The van der Waals surface area contributed by atoms with E-state index in [4.69, 9.17) is 4.74 Å². The summed E-state index contributed by atoms with van der Waals surface area (Å²) in [4.78, 5) is 19.6. The van der Waals surface area contributed by atoms with Gasteiger partial charge in [-0.1, -0.05) is 24.3 Å². The number of sulfonamides is 1. The van der Waals surface area contributed by atoms with Crippen molar-refractivity contribution < 1.29 is 17.9 Å². The van der Waals surface area contributed by atoms with Crippen LogP contribution in [-0.4, -0.2) is 88.5 Å². The average molecular weight is 499 g/mol. The topological polar surface area (TPSA) is 82.2 Å². The quantitative estimate of drug-likeness (QED) is 0.536. The van der Waals surface area contributed by atoms with Crippen LogP contribution in [0.15, 0.2) is 59.5 Å². The Morgan fingerprint density at radius 3 is 2.20 bits per heavy atom. The number of carbonyl (C=O) groups excluding carboxylic acids is 1. The van der Waals surface area contributed by atoms with Crippen molar-refractivity contribution in [2.24, 2.45) is 0 Å². The first-order chi connectivity index (χ1) is 16.9. The van der Waals surface area contributed by atoms with E-state index in [1.54, 1.807) is 48.6 Å². The van der Waals surface area contributed by atoms with Crippen molar-refractivity contribution in [3.8, 4) is 5.75 Å².